The molecule has 0 atom stereocenters. The average Bonchev–Trinajstić information content (AvgIpc) is 3.13. The van der Waals surface area contributed by atoms with Crippen LogP contribution in [0.3, 0.4) is 0 Å². The van der Waals surface area contributed by atoms with E-state index in [1.54, 1.807) is 29.7 Å². The van der Waals surface area contributed by atoms with Gasteiger partial charge in [-0.05, 0) is 67.2 Å². The van der Waals surface area contributed by atoms with Crippen molar-refractivity contribution in [3.8, 4) is 6.07 Å². The number of hydrogen-bond acceptors (Lipinski definition) is 5. The number of carbonyl (C=O) groups excluding carboxylic acids is 1. The van der Waals surface area contributed by atoms with Gasteiger partial charge in [-0.2, -0.15) is 5.26 Å². The maximum absolute atomic E-state index is 12.7. The summed E-state index contributed by atoms with van der Waals surface area (Å²) in [6.07, 6.45) is 8.06. The second-order valence-electron chi connectivity index (χ2n) is 7.00. The molecule has 0 unspecified atom stereocenters. The van der Waals surface area contributed by atoms with Crippen LogP contribution in [-0.2, 0) is 12.8 Å². The number of fused-ring (bicyclic) bond motifs is 1. The SMILES string of the molecule is N#Cc1cccnc1N1CCC(NC(=O)c2scc3c2CCCC3)CC1. The Labute approximate surface area is 157 Å². The zero-order valence-corrected chi connectivity index (χ0v) is 15.5. The van der Waals surface area contributed by atoms with E-state index in [1.165, 1.54) is 24.0 Å². The number of nitrogens with zero attached hydrogens (tertiary/aromatic N) is 3. The highest BCUT2D eigenvalue weighted by molar-refractivity contribution is 7.12. The number of carbonyl (C=O) groups is 1. The van der Waals surface area contributed by atoms with Crippen molar-refractivity contribution >= 4 is 23.1 Å². The van der Waals surface area contributed by atoms with Crippen LogP contribution in [0.4, 0.5) is 5.82 Å². The molecule has 0 radical (unpaired) electrons. The Bertz CT molecular complexity index is 846. The van der Waals surface area contributed by atoms with Gasteiger partial charge in [-0.25, -0.2) is 4.98 Å². The van der Waals surface area contributed by atoms with Crippen LogP contribution >= 0.6 is 11.3 Å². The Kier molecular flexibility index (Phi) is 4.89. The van der Waals surface area contributed by atoms with Gasteiger partial charge >= 0.3 is 0 Å². The fraction of sp³-hybridized carbons (Fsp3) is 0.450. The maximum Gasteiger partial charge on any atom is 0.261 e. The molecule has 3 heterocycles. The number of aromatic nitrogens is 1. The first-order valence-electron chi connectivity index (χ1n) is 9.26. The molecule has 0 saturated carbocycles. The standard InChI is InChI=1S/C20H22N4OS/c21-12-14-5-3-9-22-19(14)24-10-7-16(8-11-24)23-20(25)18-17-6-2-1-4-15(17)13-26-18/h3,5,9,13,16H,1-2,4,6-8,10-11H2,(H,23,25). The Morgan fingerprint density at radius 3 is 2.92 bits per heavy atom. The second kappa shape index (κ2) is 7.46. The van der Waals surface area contributed by atoms with E-state index >= 15 is 0 Å². The van der Waals surface area contributed by atoms with E-state index in [0.29, 0.717) is 5.56 Å². The van der Waals surface area contributed by atoms with Crippen LogP contribution in [0.5, 0.6) is 0 Å². The quantitative estimate of drug-likeness (QED) is 0.905. The fourth-order valence-electron chi connectivity index (χ4n) is 3.93. The molecule has 0 aromatic carbocycles. The third-order valence-corrected chi connectivity index (χ3v) is 6.42. The molecule has 2 aromatic heterocycles. The summed E-state index contributed by atoms with van der Waals surface area (Å²) in [7, 11) is 0. The number of hydrogen-bond donors (Lipinski definition) is 1. The lowest BCUT2D eigenvalue weighted by Crippen LogP contribution is -2.45. The molecule has 4 rings (SSSR count). The molecule has 2 aliphatic rings. The van der Waals surface area contributed by atoms with Crippen LogP contribution in [0, 0.1) is 11.3 Å². The minimum atomic E-state index is 0.0900. The van der Waals surface area contributed by atoms with E-state index in [1.807, 2.05) is 0 Å². The van der Waals surface area contributed by atoms with Gasteiger partial charge in [0.25, 0.3) is 5.91 Å². The predicted octanol–water partition coefficient (Wildman–Crippen LogP) is 3.29. The van der Waals surface area contributed by atoms with Crippen molar-refractivity contribution in [2.75, 3.05) is 18.0 Å². The first-order valence-corrected chi connectivity index (χ1v) is 10.1. The summed E-state index contributed by atoms with van der Waals surface area (Å²) in [5.74, 6) is 0.847. The maximum atomic E-state index is 12.7. The number of thiophene rings is 1. The second-order valence-corrected chi connectivity index (χ2v) is 7.88. The number of amides is 1. The molecule has 6 heteroatoms. The van der Waals surface area contributed by atoms with E-state index in [9.17, 15) is 10.1 Å². The van der Waals surface area contributed by atoms with Gasteiger partial charge in [0, 0.05) is 25.3 Å². The van der Waals surface area contributed by atoms with E-state index in [-0.39, 0.29) is 11.9 Å². The number of aryl methyl sites for hydroxylation is 1. The van der Waals surface area contributed by atoms with Crippen molar-refractivity contribution in [2.45, 2.75) is 44.6 Å². The molecule has 26 heavy (non-hydrogen) atoms. The molecule has 5 nitrogen and oxygen atoms in total. The summed E-state index contributed by atoms with van der Waals surface area (Å²) in [4.78, 5) is 20.2. The van der Waals surface area contributed by atoms with Gasteiger partial charge in [0.05, 0.1) is 10.4 Å². The van der Waals surface area contributed by atoms with E-state index < -0.39 is 0 Å². The van der Waals surface area contributed by atoms with Crippen molar-refractivity contribution < 1.29 is 4.79 Å². The van der Waals surface area contributed by atoms with Gasteiger partial charge in [-0.1, -0.05) is 0 Å². The van der Waals surface area contributed by atoms with Gasteiger partial charge in [-0.3, -0.25) is 4.79 Å². The lowest BCUT2D eigenvalue weighted by molar-refractivity contribution is 0.0934. The number of anilines is 1. The van der Waals surface area contributed by atoms with Gasteiger partial charge in [0.1, 0.15) is 11.9 Å². The lowest BCUT2D eigenvalue weighted by Gasteiger charge is -2.33. The molecule has 2 aromatic rings. The van der Waals surface area contributed by atoms with Gasteiger partial charge in [0.2, 0.25) is 0 Å². The molecule has 1 aliphatic carbocycles. The van der Waals surface area contributed by atoms with Crippen molar-refractivity contribution in [3.63, 3.8) is 0 Å². The molecule has 134 valence electrons. The zero-order chi connectivity index (χ0) is 17.9. The molecule has 0 spiro atoms. The zero-order valence-electron chi connectivity index (χ0n) is 14.7. The summed E-state index contributed by atoms with van der Waals surface area (Å²) in [6.45, 7) is 1.61. The lowest BCUT2D eigenvalue weighted by atomic mass is 9.93. The van der Waals surface area contributed by atoms with Crippen molar-refractivity contribution in [2.24, 2.45) is 0 Å². The van der Waals surface area contributed by atoms with E-state index in [0.717, 1.165) is 49.5 Å². The van der Waals surface area contributed by atoms with Crippen molar-refractivity contribution in [3.05, 3.63) is 45.3 Å². The number of rotatable bonds is 3. The highest BCUT2D eigenvalue weighted by Crippen LogP contribution is 2.30. The smallest absolute Gasteiger partial charge is 0.261 e. The molecular weight excluding hydrogens is 344 g/mol. The van der Waals surface area contributed by atoms with Crippen LogP contribution in [0.25, 0.3) is 0 Å². The van der Waals surface area contributed by atoms with E-state index in [4.69, 9.17) is 0 Å². The van der Waals surface area contributed by atoms with Crippen LogP contribution in [0.2, 0.25) is 0 Å². The third-order valence-electron chi connectivity index (χ3n) is 5.35. The Hall–Kier alpha value is -2.39. The summed E-state index contributed by atoms with van der Waals surface area (Å²) >= 11 is 1.60. The molecule has 1 N–H and O–H groups in total. The Balaban J connectivity index is 1.38. The van der Waals surface area contributed by atoms with E-state index in [2.05, 4.69) is 26.6 Å². The minimum absolute atomic E-state index is 0.0900. The fourth-order valence-corrected chi connectivity index (χ4v) is 4.99. The van der Waals surface area contributed by atoms with Crippen molar-refractivity contribution in [1.29, 1.82) is 5.26 Å². The van der Waals surface area contributed by atoms with Crippen LogP contribution < -0.4 is 10.2 Å². The first-order chi connectivity index (χ1) is 12.8. The van der Waals surface area contributed by atoms with Gasteiger partial charge in [-0.15, -0.1) is 11.3 Å². The van der Waals surface area contributed by atoms with Gasteiger partial charge in [0.15, 0.2) is 0 Å². The molecule has 1 amide bonds. The molecule has 1 fully saturated rings. The highest BCUT2D eigenvalue weighted by Gasteiger charge is 2.26. The average molecular weight is 366 g/mol. The highest BCUT2D eigenvalue weighted by atomic mass is 32.1. The van der Waals surface area contributed by atoms with Crippen LogP contribution in [0.1, 0.15) is 52.0 Å². The number of pyridine rings is 1. The summed E-state index contributed by atoms with van der Waals surface area (Å²) in [6, 6.07) is 5.99. The summed E-state index contributed by atoms with van der Waals surface area (Å²) in [5, 5.41) is 14.6. The predicted molar refractivity (Wildman–Crippen MR) is 103 cm³/mol. The monoisotopic (exact) mass is 366 g/mol. The van der Waals surface area contributed by atoms with Crippen LogP contribution in [-0.4, -0.2) is 30.0 Å². The number of nitriles is 1. The normalized spacial score (nSPS) is 17.4. The molecule has 0 bridgehead atoms. The third kappa shape index (κ3) is 3.32. The Morgan fingerprint density at radius 1 is 1.31 bits per heavy atom. The molecular formula is C20H22N4OS. The first kappa shape index (κ1) is 17.0. The molecule has 1 saturated heterocycles. The molecule has 1 aliphatic heterocycles. The number of nitrogens with one attached hydrogen (secondary N) is 1. The van der Waals surface area contributed by atoms with Crippen molar-refractivity contribution in [1.82, 2.24) is 10.3 Å². The largest absolute Gasteiger partial charge is 0.355 e. The summed E-state index contributed by atoms with van der Waals surface area (Å²) in [5.41, 5.74) is 3.27. The topological polar surface area (TPSA) is 69.0 Å². The summed E-state index contributed by atoms with van der Waals surface area (Å²) < 4.78 is 0. The number of piperidine rings is 1. The van der Waals surface area contributed by atoms with Gasteiger partial charge < -0.3 is 10.2 Å². The van der Waals surface area contributed by atoms with Crippen LogP contribution in [0.15, 0.2) is 23.7 Å². The Morgan fingerprint density at radius 2 is 2.12 bits per heavy atom. The minimum Gasteiger partial charge on any atom is -0.355 e.